The first kappa shape index (κ1) is 17.0. The molecule has 3 rings (SSSR count). The van der Waals surface area contributed by atoms with E-state index < -0.39 is 17.2 Å². The molecule has 0 amide bonds. The Kier molecular flexibility index (Phi) is 4.50. The zero-order chi connectivity index (χ0) is 18.1. The largest absolute Gasteiger partial charge is 0.489 e. The van der Waals surface area contributed by atoms with Crippen molar-refractivity contribution < 1.29 is 9.13 Å². The van der Waals surface area contributed by atoms with Gasteiger partial charge in [-0.3, -0.25) is 0 Å². The minimum atomic E-state index is -0.723. The monoisotopic (exact) mass is 363 g/mol. The topological polar surface area (TPSA) is 58.2 Å². The predicted octanol–water partition coefficient (Wildman–Crippen LogP) is 2.25. The van der Waals surface area contributed by atoms with E-state index >= 15 is 0 Å². The minimum absolute atomic E-state index is 0.120. The van der Waals surface area contributed by atoms with Crippen molar-refractivity contribution in [3.05, 3.63) is 79.8 Å². The maximum atomic E-state index is 14.4. The summed E-state index contributed by atoms with van der Waals surface area (Å²) in [6.45, 7) is 0.239. The van der Waals surface area contributed by atoms with Gasteiger partial charge in [-0.05, 0) is 29.8 Å². The van der Waals surface area contributed by atoms with E-state index in [0.717, 1.165) is 25.6 Å². The molecule has 0 aliphatic heterocycles. The second-order valence-corrected chi connectivity index (χ2v) is 5.91. The molecular formula is C17H15ClFN3O3. The van der Waals surface area contributed by atoms with Crippen LogP contribution in [0.4, 0.5) is 4.39 Å². The molecule has 3 aromatic rings. The summed E-state index contributed by atoms with van der Waals surface area (Å²) in [5.74, 6) is -0.434. The van der Waals surface area contributed by atoms with Crippen LogP contribution in [0.1, 0.15) is 5.56 Å². The first-order chi connectivity index (χ1) is 11.9. The highest BCUT2D eigenvalue weighted by Crippen LogP contribution is 2.20. The van der Waals surface area contributed by atoms with E-state index in [-0.39, 0.29) is 18.0 Å². The van der Waals surface area contributed by atoms with Crippen molar-refractivity contribution in [1.29, 1.82) is 0 Å². The van der Waals surface area contributed by atoms with Gasteiger partial charge in [0.2, 0.25) is 0 Å². The van der Waals surface area contributed by atoms with Crippen molar-refractivity contribution in [2.75, 3.05) is 0 Å². The van der Waals surface area contributed by atoms with Crippen molar-refractivity contribution in [2.45, 2.75) is 6.61 Å². The molecule has 0 aliphatic carbocycles. The lowest BCUT2D eigenvalue weighted by Gasteiger charge is -2.08. The molecule has 1 aromatic heterocycles. The Labute approximate surface area is 147 Å². The van der Waals surface area contributed by atoms with E-state index in [2.05, 4.69) is 0 Å². The fraction of sp³-hybridized carbons (Fsp3) is 0.176. The van der Waals surface area contributed by atoms with Gasteiger partial charge in [0, 0.05) is 25.2 Å². The van der Waals surface area contributed by atoms with Crippen LogP contribution in [0.2, 0.25) is 5.02 Å². The maximum Gasteiger partial charge on any atom is 0.351 e. The average Bonchev–Trinajstić information content (AvgIpc) is 2.78. The average molecular weight is 364 g/mol. The van der Waals surface area contributed by atoms with Crippen LogP contribution < -0.4 is 16.1 Å². The van der Waals surface area contributed by atoms with Gasteiger partial charge in [-0.25, -0.2) is 27.9 Å². The predicted molar refractivity (Wildman–Crippen MR) is 92.0 cm³/mol. The van der Waals surface area contributed by atoms with Crippen LogP contribution in [0.3, 0.4) is 0 Å². The van der Waals surface area contributed by atoms with Crippen molar-refractivity contribution in [3.63, 3.8) is 0 Å². The lowest BCUT2D eigenvalue weighted by Crippen LogP contribution is -2.27. The van der Waals surface area contributed by atoms with Crippen LogP contribution in [0.25, 0.3) is 5.69 Å². The molecular weight excluding hydrogens is 349 g/mol. The summed E-state index contributed by atoms with van der Waals surface area (Å²) < 4.78 is 22.9. The second kappa shape index (κ2) is 6.60. The molecule has 0 spiro atoms. The van der Waals surface area contributed by atoms with E-state index in [1.54, 1.807) is 24.3 Å². The molecule has 8 heteroatoms. The third kappa shape index (κ3) is 3.23. The highest BCUT2D eigenvalue weighted by atomic mass is 35.5. The molecule has 1 heterocycles. The zero-order valence-electron chi connectivity index (χ0n) is 13.6. The number of hydrogen-bond acceptors (Lipinski definition) is 3. The second-order valence-electron chi connectivity index (χ2n) is 5.48. The minimum Gasteiger partial charge on any atom is -0.489 e. The number of aromatic nitrogens is 3. The first-order valence-corrected chi connectivity index (χ1v) is 7.78. The van der Waals surface area contributed by atoms with Gasteiger partial charge in [-0.2, -0.15) is 0 Å². The van der Waals surface area contributed by atoms with Gasteiger partial charge in [0.1, 0.15) is 12.4 Å². The van der Waals surface area contributed by atoms with E-state index in [4.69, 9.17) is 16.3 Å². The summed E-state index contributed by atoms with van der Waals surface area (Å²) in [7, 11) is 2.86. The fourth-order valence-electron chi connectivity index (χ4n) is 2.34. The standard InChI is InChI=1S/C17H15ClFN3O3/c1-20-16(23)22(17(24)21(20)2)15-8-7-13(9-14(15)19)25-10-11-3-5-12(18)6-4-11/h3-9H,10H2,1-2H3. The van der Waals surface area contributed by atoms with Gasteiger partial charge in [0.05, 0.1) is 5.69 Å². The highest BCUT2D eigenvalue weighted by Gasteiger charge is 2.16. The Morgan fingerprint density at radius 2 is 1.60 bits per heavy atom. The van der Waals surface area contributed by atoms with Crippen LogP contribution in [0.5, 0.6) is 5.75 Å². The number of ether oxygens (including phenoxy) is 1. The summed E-state index contributed by atoms with van der Waals surface area (Å²) >= 11 is 5.82. The quantitative estimate of drug-likeness (QED) is 0.714. The van der Waals surface area contributed by atoms with E-state index in [1.807, 2.05) is 0 Å². The Morgan fingerprint density at radius 3 is 2.16 bits per heavy atom. The molecule has 0 aliphatic rings. The zero-order valence-corrected chi connectivity index (χ0v) is 14.3. The molecule has 0 unspecified atom stereocenters. The number of nitrogens with zero attached hydrogens (tertiary/aromatic N) is 3. The maximum absolute atomic E-state index is 14.4. The Bertz CT molecular complexity index is 1000. The molecule has 0 saturated heterocycles. The van der Waals surface area contributed by atoms with Gasteiger partial charge in [0.15, 0.2) is 5.82 Å². The molecule has 0 N–H and O–H groups in total. The third-order valence-corrected chi connectivity index (χ3v) is 4.12. The van der Waals surface area contributed by atoms with Crippen LogP contribution in [0.15, 0.2) is 52.1 Å². The van der Waals surface area contributed by atoms with Crippen molar-refractivity contribution >= 4 is 11.6 Å². The number of hydrogen-bond donors (Lipinski definition) is 0. The summed E-state index contributed by atoms with van der Waals surface area (Å²) in [5.41, 5.74) is -0.491. The molecule has 130 valence electrons. The van der Waals surface area contributed by atoms with Crippen LogP contribution in [-0.4, -0.2) is 13.9 Å². The lowest BCUT2D eigenvalue weighted by atomic mass is 10.2. The van der Waals surface area contributed by atoms with Crippen molar-refractivity contribution in [3.8, 4) is 11.4 Å². The Balaban J connectivity index is 1.87. The van der Waals surface area contributed by atoms with Gasteiger partial charge in [-0.1, -0.05) is 23.7 Å². The normalized spacial score (nSPS) is 10.9. The molecule has 0 bridgehead atoms. The lowest BCUT2D eigenvalue weighted by molar-refractivity contribution is 0.304. The summed E-state index contributed by atoms with van der Waals surface area (Å²) in [6.07, 6.45) is 0. The SMILES string of the molecule is Cn1c(=O)n(-c2ccc(OCc3ccc(Cl)cc3)cc2F)c(=O)n1C. The Hall–Kier alpha value is -2.80. The van der Waals surface area contributed by atoms with E-state index in [1.165, 1.54) is 26.2 Å². The van der Waals surface area contributed by atoms with E-state index in [9.17, 15) is 14.0 Å². The first-order valence-electron chi connectivity index (χ1n) is 7.40. The van der Waals surface area contributed by atoms with Gasteiger partial charge < -0.3 is 4.74 Å². The van der Waals surface area contributed by atoms with Gasteiger partial charge in [-0.15, -0.1) is 0 Å². The molecule has 0 saturated carbocycles. The third-order valence-electron chi connectivity index (χ3n) is 3.87. The smallest absolute Gasteiger partial charge is 0.351 e. The van der Waals surface area contributed by atoms with Gasteiger partial charge in [0.25, 0.3) is 0 Å². The fourth-order valence-corrected chi connectivity index (χ4v) is 2.47. The molecule has 0 fully saturated rings. The molecule has 2 aromatic carbocycles. The van der Waals surface area contributed by atoms with E-state index in [0.29, 0.717) is 5.02 Å². The highest BCUT2D eigenvalue weighted by molar-refractivity contribution is 6.30. The summed E-state index contributed by atoms with van der Waals surface area (Å²) in [6, 6.07) is 11.1. The molecule has 0 atom stereocenters. The number of halogens is 2. The van der Waals surface area contributed by atoms with Gasteiger partial charge >= 0.3 is 11.4 Å². The van der Waals surface area contributed by atoms with Crippen molar-refractivity contribution in [1.82, 2.24) is 13.9 Å². The van der Waals surface area contributed by atoms with Crippen molar-refractivity contribution in [2.24, 2.45) is 14.1 Å². The summed E-state index contributed by atoms with van der Waals surface area (Å²) in [4.78, 5) is 24.2. The van der Waals surface area contributed by atoms with Crippen LogP contribution in [0, 0.1) is 5.82 Å². The molecule has 0 radical (unpaired) electrons. The molecule has 25 heavy (non-hydrogen) atoms. The van der Waals surface area contributed by atoms with Crippen LogP contribution >= 0.6 is 11.6 Å². The van der Waals surface area contributed by atoms with Crippen LogP contribution in [-0.2, 0) is 20.7 Å². The number of benzene rings is 2. The Morgan fingerprint density at radius 1 is 1.00 bits per heavy atom. The molecule has 6 nitrogen and oxygen atoms in total. The summed E-state index contributed by atoms with van der Waals surface area (Å²) in [5, 5.41) is 0.619. The number of rotatable bonds is 4.